The van der Waals surface area contributed by atoms with Gasteiger partial charge >= 0.3 is 0 Å². The fourth-order valence-electron chi connectivity index (χ4n) is 9.21. The Bertz CT molecular complexity index is 2260. The highest BCUT2D eigenvalue weighted by molar-refractivity contribution is 8.00. The van der Waals surface area contributed by atoms with Crippen molar-refractivity contribution in [1.82, 2.24) is 9.97 Å². The number of ether oxygens (including phenoxy) is 4. The molecule has 1 aromatic heterocycles. The van der Waals surface area contributed by atoms with E-state index in [1.165, 1.54) is 19.2 Å². The summed E-state index contributed by atoms with van der Waals surface area (Å²) < 4.78 is 26.2. The molecule has 14 nitrogen and oxygen atoms in total. The summed E-state index contributed by atoms with van der Waals surface area (Å²) in [6.45, 7) is 4.53. The first-order valence-electron chi connectivity index (χ1n) is 21.4. The molecule has 0 saturated heterocycles. The van der Waals surface area contributed by atoms with Crippen molar-refractivity contribution in [3.05, 3.63) is 136 Å². The van der Waals surface area contributed by atoms with Crippen LogP contribution in [0.25, 0.3) is 0 Å². The number of nitro benzene ring substituents is 1. The molecule has 0 amide bonds. The quantitative estimate of drug-likeness (QED) is 0.0237. The highest BCUT2D eigenvalue weighted by atomic mass is 32.2. The van der Waals surface area contributed by atoms with Crippen molar-refractivity contribution < 1.29 is 43.7 Å². The summed E-state index contributed by atoms with van der Waals surface area (Å²) >= 11 is 1.73. The van der Waals surface area contributed by atoms with Crippen LogP contribution in [0.4, 0.5) is 5.69 Å². The van der Waals surface area contributed by atoms with Crippen LogP contribution in [0.5, 0.6) is 23.0 Å². The van der Waals surface area contributed by atoms with E-state index < -0.39 is 10.7 Å². The van der Waals surface area contributed by atoms with Gasteiger partial charge in [-0.3, -0.25) is 24.9 Å². The molecule has 0 spiro atoms. The number of aromatic nitrogens is 2. The van der Waals surface area contributed by atoms with Gasteiger partial charge in [-0.05, 0) is 103 Å². The lowest BCUT2D eigenvalue weighted by Crippen LogP contribution is -2.64. The Morgan fingerprint density at radius 2 is 1.81 bits per heavy atom. The van der Waals surface area contributed by atoms with Gasteiger partial charge in [0.15, 0.2) is 6.29 Å². The molecule has 2 heterocycles. The van der Waals surface area contributed by atoms with Gasteiger partial charge in [0, 0.05) is 68.3 Å². The maximum Gasteiger partial charge on any atom is 0.269 e. The van der Waals surface area contributed by atoms with E-state index in [-0.39, 0.29) is 61.0 Å². The molecule has 0 bridgehead atoms. The summed E-state index contributed by atoms with van der Waals surface area (Å²) in [4.78, 5) is 37.7. The second-order valence-electron chi connectivity index (χ2n) is 15.9. The van der Waals surface area contributed by atoms with Crippen LogP contribution in [-0.4, -0.2) is 80.8 Å². The number of hydrogen-bond donors (Lipinski definition) is 2. The number of hydrogen-bond acceptors (Lipinski definition) is 14. The molecule has 7 rings (SSSR count). The number of allylic oxidation sites excluding steroid dienone is 1. The Kier molecular flexibility index (Phi) is 15.6. The maximum absolute atomic E-state index is 11.9. The number of nitrogens with zero attached hydrogens (tertiary/aromatic N) is 4. The SMILES string of the molecule is C=CCO[C@@]12Oc3ccc(Oc4ccc(OC)c(C=O)c4)cc3[C@H]3[C@H](CCCCO)[C@@H](CCCCO)C=C(C(=NOCc4ccc([N+](=O)[O-])cc4)C[C@@H]1SCCc1cnccn1)[C@H]32. The summed E-state index contributed by atoms with van der Waals surface area (Å²) in [5.41, 5.74) is 4.64. The minimum Gasteiger partial charge on any atom is -0.496 e. The van der Waals surface area contributed by atoms with E-state index in [2.05, 4.69) is 22.6 Å². The van der Waals surface area contributed by atoms with E-state index in [0.717, 1.165) is 60.1 Å². The number of non-ortho nitro benzene ring substituents is 1. The number of oxime groups is 1. The molecule has 2 N–H and O–H groups in total. The van der Waals surface area contributed by atoms with Gasteiger partial charge in [0.1, 0.15) is 29.6 Å². The number of unbranched alkanes of at least 4 members (excludes halogenated alkanes) is 2. The van der Waals surface area contributed by atoms with Crippen LogP contribution in [0.3, 0.4) is 0 Å². The van der Waals surface area contributed by atoms with Crippen LogP contribution in [0, 0.1) is 27.9 Å². The lowest BCUT2D eigenvalue weighted by Gasteiger charge is -2.58. The number of benzene rings is 3. The number of aliphatic hydroxyl groups excluding tert-OH is 2. The van der Waals surface area contributed by atoms with Gasteiger partial charge in [-0.15, -0.1) is 6.58 Å². The van der Waals surface area contributed by atoms with Crippen molar-refractivity contribution in [3.63, 3.8) is 0 Å². The summed E-state index contributed by atoms with van der Waals surface area (Å²) in [5, 5.41) is 35.8. The standard InChI is InChI=1S/C48H54N4O10S/c1-3-23-59-48-45(63-24-18-35-29-49-19-20-50-35)28-42(51-60-31-32-10-12-36(13-11-32)52(56)57)40-26-33(8-4-6-21-53)39(9-5-7-22-54)46(47(40)48)41-27-38(15-17-44(41)62-48)61-37-14-16-43(58-2)34(25-37)30-55/h3,10-17,19-20,25-27,29-30,33,39,45-47,53-54H,1,4-9,18,21-24,28,31H2,2H3/t33-,39+,45-,46+,47+,48+/m0/s1. The van der Waals surface area contributed by atoms with E-state index in [9.17, 15) is 25.1 Å². The number of aryl methyl sites for hydroxylation is 1. The van der Waals surface area contributed by atoms with Gasteiger partial charge < -0.3 is 34.0 Å². The molecule has 0 unspecified atom stereocenters. The number of aliphatic hydroxyl groups is 2. The number of fused-ring (bicyclic) bond motifs is 2. The van der Waals surface area contributed by atoms with E-state index in [1.807, 2.05) is 18.2 Å². The number of carbonyl (C=O) groups is 1. The number of methoxy groups -OCH3 is 1. The number of thioether (sulfide) groups is 1. The fourth-order valence-corrected chi connectivity index (χ4v) is 10.6. The van der Waals surface area contributed by atoms with Gasteiger partial charge in [0.25, 0.3) is 5.69 Å². The first-order chi connectivity index (χ1) is 30.8. The average molecular weight is 879 g/mol. The minimum atomic E-state index is -1.18. The number of carbonyl (C=O) groups excluding carboxylic acids is 1. The third-order valence-electron chi connectivity index (χ3n) is 12.0. The molecule has 4 aromatic rings. The molecule has 1 saturated carbocycles. The molecule has 0 radical (unpaired) electrons. The Morgan fingerprint density at radius 3 is 2.52 bits per heavy atom. The van der Waals surface area contributed by atoms with Crippen LogP contribution in [0.15, 0.2) is 109 Å². The van der Waals surface area contributed by atoms with Crippen molar-refractivity contribution in [2.24, 2.45) is 22.9 Å². The smallest absolute Gasteiger partial charge is 0.269 e. The van der Waals surface area contributed by atoms with E-state index in [0.29, 0.717) is 60.0 Å². The Morgan fingerprint density at radius 1 is 1.03 bits per heavy atom. The third kappa shape index (κ3) is 10.4. The molecule has 15 heteroatoms. The summed E-state index contributed by atoms with van der Waals surface area (Å²) in [5.74, 6) is 1.25. The van der Waals surface area contributed by atoms with Gasteiger partial charge in [-0.25, -0.2) is 0 Å². The molecular weight excluding hydrogens is 825 g/mol. The van der Waals surface area contributed by atoms with E-state index >= 15 is 0 Å². The lowest BCUT2D eigenvalue weighted by atomic mass is 9.56. The molecule has 1 aliphatic heterocycles. The van der Waals surface area contributed by atoms with Crippen LogP contribution in [0.2, 0.25) is 0 Å². The summed E-state index contributed by atoms with van der Waals surface area (Å²) in [7, 11) is 1.51. The van der Waals surface area contributed by atoms with Gasteiger partial charge in [-0.1, -0.05) is 30.1 Å². The van der Waals surface area contributed by atoms with E-state index in [4.69, 9.17) is 28.9 Å². The zero-order valence-corrected chi connectivity index (χ0v) is 36.2. The Labute approximate surface area is 371 Å². The van der Waals surface area contributed by atoms with Gasteiger partial charge in [0.2, 0.25) is 5.79 Å². The number of rotatable bonds is 23. The zero-order chi connectivity index (χ0) is 44.2. The van der Waals surface area contributed by atoms with Gasteiger partial charge in [0.05, 0.1) is 46.8 Å². The minimum absolute atomic E-state index is 0.00500. The molecule has 3 aromatic carbocycles. The maximum atomic E-state index is 11.9. The fraction of sp³-hybridized carbons (Fsp3) is 0.417. The van der Waals surface area contributed by atoms with Crippen LogP contribution in [0.1, 0.15) is 78.0 Å². The first-order valence-corrected chi connectivity index (χ1v) is 22.5. The Balaban J connectivity index is 1.35. The summed E-state index contributed by atoms with van der Waals surface area (Å²) in [6, 6.07) is 17.2. The topological polar surface area (TPSA) is 185 Å². The predicted molar refractivity (Wildman–Crippen MR) is 239 cm³/mol. The normalized spacial score (nSPS) is 22.8. The molecule has 1 fully saturated rings. The van der Waals surface area contributed by atoms with E-state index in [1.54, 1.807) is 66.8 Å². The Hall–Kier alpha value is -5.61. The summed E-state index contributed by atoms with van der Waals surface area (Å²) in [6.07, 6.45) is 15.6. The second-order valence-corrected chi connectivity index (χ2v) is 17.2. The molecule has 6 atom stereocenters. The molecule has 63 heavy (non-hydrogen) atoms. The second kappa shape index (κ2) is 21.7. The van der Waals surface area contributed by atoms with Gasteiger partial charge in [-0.2, -0.15) is 11.8 Å². The molecular formula is C48H54N4O10S. The highest BCUT2D eigenvalue weighted by Crippen LogP contribution is 2.62. The first kappa shape index (κ1) is 45.4. The van der Waals surface area contributed by atoms with Crippen LogP contribution < -0.4 is 14.2 Å². The molecule has 332 valence electrons. The van der Waals surface area contributed by atoms with Crippen molar-refractivity contribution in [3.8, 4) is 23.0 Å². The van der Waals surface area contributed by atoms with Crippen molar-refractivity contribution in [2.45, 2.75) is 74.9 Å². The zero-order valence-electron chi connectivity index (χ0n) is 35.4. The lowest BCUT2D eigenvalue weighted by molar-refractivity contribution is -0.384. The largest absolute Gasteiger partial charge is 0.496 e. The number of nitro groups is 1. The molecule has 3 aliphatic rings. The van der Waals surface area contributed by atoms with Crippen LogP contribution >= 0.6 is 11.8 Å². The van der Waals surface area contributed by atoms with Crippen molar-refractivity contribution in [1.29, 1.82) is 0 Å². The van der Waals surface area contributed by atoms with Crippen molar-refractivity contribution >= 4 is 29.4 Å². The monoisotopic (exact) mass is 878 g/mol. The van der Waals surface area contributed by atoms with Crippen molar-refractivity contribution in [2.75, 3.05) is 32.7 Å². The van der Waals surface area contributed by atoms with Crippen LogP contribution in [-0.2, 0) is 22.6 Å². The average Bonchev–Trinajstić information content (AvgIpc) is 3.30. The highest BCUT2D eigenvalue weighted by Gasteiger charge is 2.64. The number of aldehydes is 1. The predicted octanol–water partition coefficient (Wildman–Crippen LogP) is 8.81. The third-order valence-corrected chi connectivity index (χ3v) is 13.4. The molecule has 2 aliphatic carbocycles.